The molecule has 6 rings (SSSR count). The molecule has 182 valence electrons. The largest absolute Gasteiger partial charge is 0.369 e. The van der Waals surface area contributed by atoms with Crippen molar-refractivity contribution in [1.82, 2.24) is 24.2 Å². The first-order chi connectivity index (χ1) is 17.6. The summed E-state index contributed by atoms with van der Waals surface area (Å²) in [7, 11) is 2.42. The summed E-state index contributed by atoms with van der Waals surface area (Å²) in [6.07, 6.45) is 5.81. The van der Waals surface area contributed by atoms with E-state index in [0.29, 0.717) is 0 Å². The number of hydrogen-bond donors (Lipinski definition) is 1. The highest BCUT2D eigenvalue weighted by atomic mass is 32.2. The average molecular weight is 497 g/mol. The molecule has 7 nitrogen and oxygen atoms in total. The normalized spacial score (nSPS) is 15.1. The van der Waals surface area contributed by atoms with E-state index in [1.165, 1.54) is 5.69 Å². The highest BCUT2D eigenvalue weighted by molar-refractivity contribution is 7.82. The van der Waals surface area contributed by atoms with E-state index in [9.17, 15) is 4.21 Å². The maximum atomic E-state index is 12.9. The average Bonchev–Trinajstić information content (AvgIpc) is 3.35. The molecule has 36 heavy (non-hydrogen) atoms. The Morgan fingerprint density at radius 1 is 0.861 bits per heavy atom. The summed E-state index contributed by atoms with van der Waals surface area (Å²) < 4.78 is 16.4. The third kappa shape index (κ3) is 4.07. The molecule has 1 N–H and O–H groups in total. The third-order valence-corrected chi connectivity index (χ3v) is 8.13. The number of benzene rings is 3. The fraction of sp³-hybridized carbons (Fsp3) is 0.214. The highest BCUT2D eigenvalue weighted by Gasteiger charge is 2.16. The van der Waals surface area contributed by atoms with Gasteiger partial charge < -0.3 is 10.2 Å². The first-order valence-electron chi connectivity index (χ1n) is 12.1. The number of hydrogen-bond acceptors (Lipinski definition) is 5. The second-order valence-corrected chi connectivity index (χ2v) is 10.8. The van der Waals surface area contributed by atoms with E-state index in [-0.39, 0.29) is 0 Å². The predicted molar refractivity (Wildman–Crippen MR) is 147 cm³/mol. The van der Waals surface area contributed by atoms with Crippen molar-refractivity contribution in [2.75, 3.05) is 45.2 Å². The smallest absolute Gasteiger partial charge is 0.162 e. The number of piperazine rings is 1. The Labute approximate surface area is 213 Å². The molecule has 2 aromatic heterocycles. The molecule has 0 bridgehead atoms. The summed E-state index contributed by atoms with van der Waals surface area (Å²) in [5.74, 6) is 0. The Kier molecular flexibility index (Phi) is 6.00. The van der Waals surface area contributed by atoms with Crippen molar-refractivity contribution in [2.24, 2.45) is 0 Å². The molecule has 0 aliphatic carbocycles. The summed E-state index contributed by atoms with van der Waals surface area (Å²) >= 11 is 0. The van der Waals surface area contributed by atoms with E-state index in [2.05, 4.69) is 51.7 Å². The van der Waals surface area contributed by atoms with E-state index in [4.69, 9.17) is 4.98 Å². The fourth-order valence-electron chi connectivity index (χ4n) is 4.87. The SMILES string of the molecule is CN(C)S(=O)c1cccc2c(-c3cnn4cc(-c5ccc(N6CCNCC6)cc5)cnc34)cccc12. The molecule has 1 atom stereocenters. The summed E-state index contributed by atoms with van der Waals surface area (Å²) in [4.78, 5) is 8.02. The quantitative estimate of drug-likeness (QED) is 0.395. The zero-order valence-electron chi connectivity index (χ0n) is 20.4. The molecule has 3 aromatic carbocycles. The summed E-state index contributed by atoms with van der Waals surface area (Å²) in [6.45, 7) is 4.11. The minimum absolute atomic E-state index is 0.794. The third-order valence-electron chi connectivity index (χ3n) is 6.73. The predicted octanol–water partition coefficient (Wildman–Crippen LogP) is 4.21. The molecule has 0 spiro atoms. The van der Waals surface area contributed by atoms with Crippen LogP contribution in [0.15, 0.2) is 84.1 Å². The second-order valence-electron chi connectivity index (χ2n) is 9.17. The molecule has 1 saturated heterocycles. The van der Waals surface area contributed by atoms with Gasteiger partial charge in [0, 0.05) is 55.4 Å². The molecule has 0 amide bonds. The van der Waals surface area contributed by atoms with Crippen molar-refractivity contribution >= 4 is 33.1 Å². The molecule has 3 heterocycles. The Balaban J connectivity index is 1.36. The molecular weight excluding hydrogens is 468 g/mol. The minimum atomic E-state index is -1.23. The molecule has 1 aliphatic rings. The maximum absolute atomic E-state index is 12.9. The van der Waals surface area contributed by atoms with Gasteiger partial charge >= 0.3 is 0 Å². The van der Waals surface area contributed by atoms with Crippen molar-refractivity contribution in [2.45, 2.75) is 4.90 Å². The number of aromatic nitrogens is 3. The summed E-state index contributed by atoms with van der Waals surface area (Å²) in [5.41, 5.74) is 6.16. The number of nitrogens with zero attached hydrogens (tertiary/aromatic N) is 5. The fourth-order valence-corrected chi connectivity index (χ4v) is 5.82. The monoisotopic (exact) mass is 496 g/mol. The maximum Gasteiger partial charge on any atom is 0.162 e. The molecule has 5 aromatic rings. The Morgan fingerprint density at radius 2 is 1.61 bits per heavy atom. The lowest BCUT2D eigenvalue weighted by Crippen LogP contribution is -2.43. The number of anilines is 1. The van der Waals surface area contributed by atoms with Gasteiger partial charge in [0.15, 0.2) is 5.65 Å². The van der Waals surface area contributed by atoms with Crippen LogP contribution in [0.5, 0.6) is 0 Å². The van der Waals surface area contributed by atoms with E-state index in [1.54, 1.807) is 4.31 Å². The number of fused-ring (bicyclic) bond motifs is 2. The van der Waals surface area contributed by atoms with Gasteiger partial charge in [-0.05, 0) is 54.2 Å². The summed E-state index contributed by atoms with van der Waals surface area (Å²) in [6, 6.07) is 20.7. The van der Waals surface area contributed by atoms with Gasteiger partial charge in [-0.25, -0.2) is 18.0 Å². The van der Waals surface area contributed by atoms with Gasteiger partial charge in [-0.1, -0.05) is 42.5 Å². The van der Waals surface area contributed by atoms with Crippen molar-refractivity contribution in [3.8, 4) is 22.3 Å². The first-order valence-corrected chi connectivity index (χ1v) is 13.2. The van der Waals surface area contributed by atoms with Crippen LogP contribution in [-0.4, -0.2) is 63.4 Å². The van der Waals surface area contributed by atoms with Crippen LogP contribution in [0.1, 0.15) is 0 Å². The van der Waals surface area contributed by atoms with Crippen LogP contribution >= 0.6 is 0 Å². The molecule has 0 saturated carbocycles. The lowest BCUT2D eigenvalue weighted by atomic mass is 10.00. The van der Waals surface area contributed by atoms with Crippen LogP contribution in [0.25, 0.3) is 38.7 Å². The van der Waals surface area contributed by atoms with Crippen LogP contribution in [0.2, 0.25) is 0 Å². The highest BCUT2D eigenvalue weighted by Crippen LogP contribution is 2.34. The zero-order chi connectivity index (χ0) is 24.6. The van der Waals surface area contributed by atoms with Crippen LogP contribution < -0.4 is 10.2 Å². The van der Waals surface area contributed by atoms with Gasteiger partial charge in [-0.3, -0.25) is 0 Å². The topological polar surface area (TPSA) is 65.8 Å². The van der Waals surface area contributed by atoms with Crippen LogP contribution in [0, 0.1) is 0 Å². The van der Waals surface area contributed by atoms with Crippen molar-refractivity contribution in [3.05, 3.63) is 79.3 Å². The van der Waals surface area contributed by atoms with Gasteiger partial charge in [0.1, 0.15) is 11.0 Å². The van der Waals surface area contributed by atoms with Gasteiger partial charge in [0.05, 0.1) is 11.1 Å². The van der Waals surface area contributed by atoms with E-state index in [0.717, 1.165) is 69.7 Å². The molecule has 0 radical (unpaired) electrons. The molecule has 1 aliphatic heterocycles. The first kappa shape index (κ1) is 22.8. The number of rotatable bonds is 5. The standard InChI is InChI=1S/C28H28N6OS/c1-32(2)36(35)27-8-4-6-23-24(5-3-7-25(23)27)26-18-31-34-19-21(17-30-28(26)34)20-9-11-22(12-10-20)33-15-13-29-14-16-33/h3-12,17-19,29H,13-16H2,1-2H3. The van der Waals surface area contributed by atoms with Gasteiger partial charge in [-0.2, -0.15) is 5.10 Å². The van der Waals surface area contributed by atoms with Crippen molar-refractivity contribution in [3.63, 3.8) is 0 Å². The molecule has 1 unspecified atom stereocenters. The lowest BCUT2D eigenvalue weighted by molar-refractivity contribution is 0.589. The number of nitrogens with one attached hydrogen (secondary N) is 1. The van der Waals surface area contributed by atoms with Crippen LogP contribution in [0.3, 0.4) is 0 Å². The van der Waals surface area contributed by atoms with Crippen molar-refractivity contribution < 1.29 is 4.21 Å². The Bertz CT molecular complexity index is 1570. The van der Waals surface area contributed by atoms with Crippen molar-refractivity contribution in [1.29, 1.82) is 0 Å². The van der Waals surface area contributed by atoms with E-state index >= 15 is 0 Å². The van der Waals surface area contributed by atoms with Crippen LogP contribution in [0.4, 0.5) is 5.69 Å². The van der Waals surface area contributed by atoms with E-state index < -0.39 is 11.0 Å². The van der Waals surface area contributed by atoms with Crippen LogP contribution in [-0.2, 0) is 11.0 Å². The summed E-state index contributed by atoms with van der Waals surface area (Å²) in [5, 5.41) is 10.0. The lowest BCUT2D eigenvalue weighted by Gasteiger charge is -2.29. The zero-order valence-corrected chi connectivity index (χ0v) is 21.2. The molecular formula is C28H28N6OS. The molecule has 1 fully saturated rings. The van der Waals surface area contributed by atoms with E-state index in [1.807, 2.05) is 61.5 Å². The van der Waals surface area contributed by atoms with Gasteiger partial charge in [-0.15, -0.1) is 0 Å². The second kappa shape index (κ2) is 9.46. The molecule has 8 heteroatoms. The Hall–Kier alpha value is -3.59. The van der Waals surface area contributed by atoms with Gasteiger partial charge in [0.25, 0.3) is 0 Å². The Morgan fingerprint density at radius 3 is 2.39 bits per heavy atom. The minimum Gasteiger partial charge on any atom is -0.369 e. The van der Waals surface area contributed by atoms with Gasteiger partial charge in [0.2, 0.25) is 0 Å².